The highest BCUT2D eigenvalue weighted by molar-refractivity contribution is 5.37. The summed E-state index contributed by atoms with van der Waals surface area (Å²) in [4.78, 5) is 4.31. The van der Waals surface area contributed by atoms with Gasteiger partial charge in [-0.3, -0.25) is 0 Å². The number of benzene rings is 1. The van der Waals surface area contributed by atoms with Gasteiger partial charge < -0.3 is 10.1 Å². The van der Waals surface area contributed by atoms with Gasteiger partial charge in [0.1, 0.15) is 17.9 Å². The van der Waals surface area contributed by atoms with Crippen molar-refractivity contribution in [1.29, 1.82) is 0 Å². The molecule has 0 bridgehead atoms. The quantitative estimate of drug-likeness (QED) is 0.910. The van der Waals surface area contributed by atoms with Gasteiger partial charge in [0.2, 0.25) is 0 Å². The number of aromatic nitrogens is 3. The molecule has 1 heterocycles. The van der Waals surface area contributed by atoms with E-state index in [0.29, 0.717) is 13.2 Å². The third kappa shape index (κ3) is 3.81. The van der Waals surface area contributed by atoms with Crippen LogP contribution in [0.15, 0.2) is 30.6 Å². The first-order chi connectivity index (χ1) is 9.49. The largest absolute Gasteiger partial charge is 0.494 e. The summed E-state index contributed by atoms with van der Waals surface area (Å²) in [6.07, 6.45) is 1.58. The van der Waals surface area contributed by atoms with E-state index in [4.69, 9.17) is 4.74 Å². The Hall–Kier alpha value is -1.88. The lowest BCUT2D eigenvalue weighted by Crippen LogP contribution is -2.35. The topological polar surface area (TPSA) is 52.0 Å². The summed E-state index contributed by atoms with van der Waals surface area (Å²) in [6, 6.07) is 7.86. The average molecular weight is 274 g/mol. The van der Waals surface area contributed by atoms with E-state index >= 15 is 0 Å². The lowest BCUT2D eigenvalue weighted by Gasteiger charge is -2.20. The number of nitrogens with zero attached hydrogens (tertiary/aromatic N) is 3. The minimum absolute atomic E-state index is 0.0512. The molecule has 20 heavy (non-hydrogen) atoms. The molecular formula is C15H22N4O. The van der Waals surface area contributed by atoms with E-state index in [-0.39, 0.29) is 5.54 Å². The first-order valence-corrected chi connectivity index (χ1v) is 6.87. The zero-order valence-corrected chi connectivity index (χ0v) is 12.6. The number of hydrogen-bond acceptors (Lipinski definition) is 4. The van der Waals surface area contributed by atoms with Crippen molar-refractivity contribution in [3.05, 3.63) is 36.4 Å². The molecule has 0 saturated heterocycles. The van der Waals surface area contributed by atoms with Crippen LogP contribution in [0, 0.1) is 0 Å². The zero-order valence-electron chi connectivity index (χ0n) is 12.6. The predicted molar refractivity (Wildman–Crippen MR) is 79.1 cm³/mol. The Morgan fingerprint density at radius 2 is 1.90 bits per heavy atom. The fourth-order valence-corrected chi connectivity index (χ4v) is 1.80. The Morgan fingerprint density at radius 1 is 1.20 bits per heavy atom. The van der Waals surface area contributed by atoms with E-state index in [9.17, 15) is 0 Å². The number of nitrogens with one attached hydrogen (secondary N) is 1. The molecule has 0 amide bonds. The number of ether oxygens (including phenoxy) is 1. The summed E-state index contributed by atoms with van der Waals surface area (Å²) < 4.78 is 7.28. The van der Waals surface area contributed by atoms with Crippen molar-refractivity contribution >= 4 is 0 Å². The molecule has 0 atom stereocenters. The molecule has 0 spiro atoms. The molecular weight excluding hydrogens is 252 g/mol. The SMILES string of the molecule is CCOc1ccc(-n2ncnc2CNC(C)(C)C)cc1. The standard InChI is InChI=1S/C15H22N4O/c1-5-20-13-8-6-12(7-9-13)19-14(16-11-18-19)10-17-15(2,3)4/h6-9,11,17H,5,10H2,1-4H3. The Kier molecular flexibility index (Phi) is 4.39. The van der Waals surface area contributed by atoms with Crippen LogP contribution in [-0.4, -0.2) is 26.9 Å². The summed E-state index contributed by atoms with van der Waals surface area (Å²) in [6.45, 7) is 9.71. The molecule has 1 N–H and O–H groups in total. The Balaban J connectivity index is 2.14. The van der Waals surface area contributed by atoms with Gasteiger partial charge in [-0.1, -0.05) is 0 Å². The molecule has 2 rings (SSSR count). The van der Waals surface area contributed by atoms with E-state index in [0.717, 1.165) is 17.3 Å². The van der Waals surface area contributed by atoms with Crippen molar-refractivity contribution in [2.75, 3.05) is 6.61 Å². The van der Waals surface area contributed by atoms with Gasteiger partial charge in [-0.2, -0.15) is 5.10 Å². The van der Waals surface area contributed by atoms with Crippen molar-refractivity contribution in [2.24, 2.45) is 0 Å². The predicted octanol–water partition coefficient (Wildman–Crippen LogP) is 2.55. The lowest BCUT2D eigenvalue weighted by molar-refractivity contribution is 0.340. The van der Waals surface area contributed by atoms with E-state index in [1.54, 1.807) is 6.33 Å². The van der Waals surface area contributed by atoms with Crippen LogP contribution in [0.1, 0.15) is 33.5 Å². The molecule has 0 aliphatic rings. The van der Waals surface area contributed by atoms with Crippen LogP contribution in [0.2, 0.25) is 0 Å². The van der Waals surface area contributed by atoms with Crippen molar-refractivity contribution in [3.63, 3.8) is 0 Å². The van der Waals surface area contributed by atoms with Crippen molar-refractivity contribution in [1.82, 2.24) is 20.1 Å². The lowest BCUT2D eigenvalue weighted by atomic mass is 10.1. The molecule has 5 heteroatoms. The highest BCUT2D eigenvalue weighted by Gasteiger charge is 2.12. The molecule has 1 aromatic heterocycles. The number of rotatable bonds is 5. The Labute approximate surface area is 120 Å². The second-order valence-corrected chi connectivity index (χ2v) is 5.62. The molecule has 0 aliphatic heterocycles. The van der Waals surface area contributed by atoms with Crippen LogP contribution in [0.3, 0.4) is 0 Å². The molecule has 0 unspecified atom stereocenters. The molecule has 108 valence electrons. The Bertz CT molecular complexity index is 540. The van der Waals surface area contributed by atoms with E-state index in [1.165, 1.54) is 0 Å². The first-order valence-electron chi connectivity index (χ1n) is 6.87. The molecule has 0 radical (unpaired) electrons. The van der Waals surface area contributed by atoms with Crippen LogP contribution in [-0.2, 0) is 6.54 Å². The maximum atomic E-state index is 5.44. The molecule has 0 saturated carbocycles. The first kappa shape index (κ1) is 14.5. The third-order valence-electron chi connectivity index (χ3n) is 2.79. The van der Waals surface area contributed by atoms with E-state index < -0.39 is 0 Å². The molecule has 1 aromatic carbocycles. The van der Waals surface area contributed by atoms with E-state index in [1.807, 2.05) is 35.9 Å². The van der Waals surface area contributed by atoms with Crippen molar-refractivity contribution < 1.29 is 4.74 Å². The van der Waals surface area contributed by atoms with Gasteiger partial charge >= 0.3 is 0 Å². The summed E-state index contributed by atoms with van der Waals surface area (Å²) in [5, 5.41) is 7.71. The summed E-state index contributed by atoms with van der Waals surface area (Å²) in [7, 11) is 0. The maximum Gasteiger partial charge on any atom is 0.146 e. The highest BCUT2D eigenvalue weighted by Crippen LogP contribution is 2.16. The summed E-state index contributed by atoms with van der Waals surface area (Å²) in [5.74, 6) is 1.76. The fourth-order valence-electron chi connectivity index (χ4n) is 1.80. The molecule has 2 aromatic rings. The fraction of sp³-hybridized carbons (Fsp3) is 0.467. The maximum absolute atomic E-state index is 5.44. The zero-order chi connectivity index (χ0) is 14.6. The summed E-state index contributed by atoms with van der Waals surface area (Å²) >= 11 is 0. The molecule has 0 fully saturated rings. The average Bonchev–Trinajstić information content (AvgIpc) is 2.85. The molecule has 0 aliphatic carbocycles. The van der Waals surface area contributed by atoms with Crippen LogP contribution in [0.5, 0.6) is 5.75 Å². The minimum Gasteiger partial charge on any atom is -0.494 e. The van der Waals surface area contributed by atoms with Crippen molar-refractivity contribution in [2.45, 2.75) is 39.8 Å². The van der Waals surface area contributed by atoms with Gasteiger partial charge in [0.25, 0.3) is 0 Å². The van der Waals surface area contributed by atoms with Gasteiger partial charge in [0.15, 0.2) is 0 Å². The second-order valence-electron chi connectivity index (χ2n) is 5.62. The van der Waals surface area contributed by atoms with Gasteiger partial charge in [-0.05, 0) is 52.0 Å². The monoisotopic (exact) mass is 274 g/mol. The number of hydrogen-bond donors (Lipinski definition) is 1. The Morgan fingerprint density at radius 3 is 2.50 bits per heavy atom. The van der Waals surface area contributed by atoms with Crippen LogP contribution >= 0.6 is 0 Å². The molecule has 5 nitrogen and oxygen atoms in total. The second kappa shape index (κ2) is 6.05. The normalized spacial score (nSPS) is 11.6. The van der Waals surface area contributed by atoms with Gasteiger partial charge in [0, 0.05) is 5.54 Å². The highest BCUT2D eigenvalue weighted by atomic mass is 16.5. The van der Waals surface area contributed by atoms with Crippen LogP contribution < -0.4 is 10.1 Å². The third-order valence-corrected chi connectivity index (χ3v) is 2.79. The summed E-state index contributed by atoms with van der Waals surface area (Å²) in [5.41, 5.74) is 1.03. The minimum atomic E-state index is 0.0512. The van der Waals surface area contributed by atoms with E-state index in [2.05, 4.69) is 36.2 Å². The van der Waals surface area contributed by atoms with Gasteiger partial charge in [-0.25, -0.2) is 9.67 Å². The van der Waals surface area contributed by atoms with Crippen LogP contribution in [0.25, 0.3) is 5.69 Å². The van der Waals surface area contributed by atoms with Gasteiger partial charge in [-0.15, -0.1) is 0 Å². The van der Waals surface area contributed by atoms with Crippen molar-refractivity contribution in [3.8, 4) is 11.4 Å². The van der Waals surface area contributed by atoms with Gasteiger partial charge in [0.05, 0.1) is 18.8 Å². The van der Waals surface area contributed by atoms with Crippen LogP contribution in [0.4, 0.5) is 0 Å². The smallest absolute Gasteiger partial charge is 0.146 e.